The number of carbonyl (C=O) groups excluding carboxylic acids is 1. The Kier molecular flexibility index (Phi) is 5.23. The highest BCUT2D eigenvalue weighted by Gasteiger charge is 2.22. The Morgan fingerprint density at radius 2 is 2.11 bits per heavy atom. The van der Waals surface area contributed by atoms with E-state index in [1.807, 2.05) is 30.3 Å². The Bertz CT molecular complexity index is 410. The maximum absolute atomic E-state index is 12.0. The number of aliphatic hydroxyl groups is 1. The van der Waals surface area contributed by atoms with Crippen LogP contribution in [0.15, 0.2) is 30.3 Å². The van der Waals surface area contributed by atoms with Crippen molar-refractivity contribution in [3.05, 3.63) is 35.9 Å². The second kappa shape index (κ2) is 6.92. The molecule has 0 spiro atoms. The first-order chi connectivity index (χ1) is 9.16. The molecule has 3 unspecified atom stereocenters. The van der Waals surface area contributed by atoms with Gasteiger partial charge in [-0.25, -0.2) is 0 Å². The summed E-state index contributed by atoms with van der Waals surface area (Å²) in [7, 11) is 0. The molecule has 0 aromatic heterocycles. The van der Waals surface area contributed by atoms with E-state index in [0.29, 0.717) is 12.5 Å². The molecule has 3 nitrogen and oxygen atoms in total. The summed E-state index contributed by atoms with van der Waals surface area (Å²) in [5.74, 6) is 0.209. The van der Waals surface area contributed by atoms with E-state index in [1.54, 1.807) is 0 Å². The molecule has 104 valence electrons. The van der Waals surface area contributed by atoms with Crippen LogP contribution in [-0.4, -0.2) is 23.7 Å². The van der Waals surface area contributed by atoms with Gasteiger partial charge in [0.2, 0.25) is 5.91 Å². The number of hydrogen-bond acceptors (Lipinski definition) is 2. The van der Waals surface area contributed by atoms with Crippen LogP contribution < -0.4 is 5.32 Å². The highest BCUT2D eigenvalue weighted by molar-refractivity contribution is 6.30. The maximum atomic E-state index is 12.0. The van der Waals surface area contributed by atoms with Crippen molar-refractivity contribution in [2.45, 2.75) is 37.2 Å². The zero-order valence-corrected chi connectivity index (χ0v) is 11.6. The molecule has 1 aromatic rings. The van der Waals surface area contributed by atoms with Gasteiger partial charge in [0.25, 0.3) is 0 Å². The Labute approximate surface area is 119 Å². The molecule has 1 fully saturated rings. The van der Waals surface area contributed by atoms with E-state index in [2.05, 4.69) is 5.32 Å². The molecular weight excluding hydrogens is 262 g/mol. The molecule has 2 N–H and O–H groups in total. The number of amides is 1. The van der Waals surface area contributed by atoms with Gasteiger partial charge in [0.15, 0.2) is 0 Å². The van der Waals surface area contributed by atoms with Gasteiger partial charge in [0, 0.05) is 6.54 Å². The normalized spacial score (nSPS) is 24.7. The average Bonchev–Trinajstić information content (AvgIpc) is 2.45. The van der Waals surface area contributed by atoms with Gasteiger partial charge in [-0.3, -0.25) is 4.79 Å². The summed E-state index contributed by atoms with van der Waals surface area (Å²) in [5, 5.41) is 11.8. The highest BCUT2D eigenvalue weighted by Crippen LogP contribution is 2.24. The molecular formula is C15H20ClNO2. The van der Waals surface area contributed by atoms with Crippen LogP contribution in [0.4, 0.5) is 0 Å². The standard InChI is InChI=1S/C15H20ClNO2/c16-14(12-6-2-1-3-7-12)15(19)17-10-11-5-4-8-13(18)9-11/h1-3,6-7,11,13-14,18H,4-5,8-10H2,(H,17,19). The summed E-state index contributed by atoms with van der Waals surface area (Å²) in [6.07, 6.45) is 3.54. The molecule has 0 bridgehead atoms. The lowest BCUT2D eigenvalue weighted by Gasteiger charge is -2.26. The topological polar surface area (TPSA) is 49.3 Å². The second-order valence-electron chi connectivity index (χ2n) is 5.20. The van der Waals surface area contributed by atoms with Gasteiger partial charge in [0.05, 0.1) is 6.10 Å². The third kappa shape index (κ3) is 4.22. The number of aliphatic hydroxyl groups excluding tert-OH is 1. The van der Waals surface area contributed by atoms with E-state index >= 15 is 0 Å². The number of rotatable bonds is 4. The van der Waals surface area contributed by atoms with Crippen molar-refractivity contribution in [2.24, 2.45) is 5.92 Å². The third-order valence-corrected chi connectivity index (χ3v) is 4.09. The van der Waals surface area contributed by atoms with Crippen LogP contribution in [0.5, 0.6) is 0 Å². The molecule has 1 aliphatic carbocycles. The van der Waals surface area contributed by atoms with Crippen LogP contribution in [-0.2, 0) is 4.79 Å². The fraction of sp³-hybridized carbons (Fsp3) is 0.533. The van der Waals surface area contributed by atoms with Crippen molar-refractivity contribution in [1.82, 2.24) is 5.32 Å². The van der Waals surface area contributed by atoms with Crippen molar-refractivity contribution in [3.8, 4) is 0 Å². The first-order valence-electron chi connectivity index (χ1n) is 6.81. The predicted molar refractivity (Wildman–Crippen MR) is 76.0 cm³/mol. The zero-order chi connectivity index (χ0) is 13.7. The minimum atomic E-state index is -0.644. The molecule has 1 aliphatic rings. The van der Waals surface area contributed by atoms with E-state index in [0.717, 1.165) is 31.2 Å². The fourth-order valence-corrected chi connectivity index (χ4v) is 2.78. The lowest BCUT2D eigenvalue weighted by molar-refractivity contribution is -0.121. The van der Waals surface area contributed by atoms with Crippen molar-refractivity contribution in [3.63, 3.8) is 0 Å². The van der Waals surface area contributed by atoms with E-state index in [4.69, 9.17) is 11.6 Å². The van der Waals surface area contributed by atoms with Crippen molar-refractivity contribution >= 4 is 17.5 Å². The van der Waals surface area contributed by atoms with Crippen LogP contribution in [0.25, 0.3) is 0 Å². The number of benzene rings is 1. The first-order valence-corrected chi connectivity index (χ1v) is 7.25. The van der Waals surface area contributed by atoms with Gasteiger partial charge < -0.3 is 10.4 Å². The monoisotopic (exact) mass is 281 g/mol. The average molecular weight is 282 g/mol. The number of nitrogens with one attached hydrogen (secondary N) is 1. The molecule has 0 heterocycles. The van der Waals surface area contributed by atoms with E-state index in [-0.39, 0.29) is 12.0 Å². The van der Waals surface area contributed by atoms with Crippen LogP contribution in [0.2, 0.25) is 0 Å². The second-order valence-corrected chi connectivity index (χ2v) is 5.64. The Morgan fingerprint density at radius 3 is 2.79 bits per heavy atom. The number of alkyl halides is 1. The largest absolute Gasteiger partial charge is 0.393 e. The van der Waals surface area contributed by atoms with Crippen molar-refractivity contribution in [2.75, 3.05) is 6.54 Å². The lowest BCUT2D eigenvalue weighted by atomic mass is 9.87. The predicted octanol–water partition coefficient (Wildman–Crippen LogP) is 2.63. The van der Waals surface area contributed by atoms with Crippen molar-refractivity contribution < 1.29 is 9.90 Å². The maximum Gasteiger partial charge on any atom is 0.242 e. The van der Waals surface area contributed by atoms with Crippen LogP contribution in [0.1, 0.15) is 36.6 Å². The minimum absolute atomic E-state index is 0.159. The lowest BCUT2D eigenvalue weighted by Crippen LogP contribution is -2.34. The third-order valence-electron chi connectivity index (χ3n) is 3.64. The Hall–Kier alpha value is -1.06. The molecule has 0 radical (unpaired) electrons. The summed E-state index contributed by atoms with van der Waals surface area (Å²) in [5.41, 5.74) is 0.811. The summed E-state index contributed by atoms with van der Waals surface area (Å²) in [6.45, 7) is 0.603. The van der Waals surface area contributed by atoms with E-state index < -0.39 is 5.38 Å². The molecule has 1 saturated carbocycles. The summed E-state index contributed by atoms with van der Waals surface area (Å²) in [4.78, 5) is 12.0. The molecule has 1 amide bonds. The van der Waals surface area contributed by atoms with Gasteiger partial charge in [-0.15, -0.1) is 11.6 Å². The van der Waals surface area contributed by atoms with Crippen molar-refractivity contribution in [1.29, 1.82) is 0 Å². The SMILES string of the molecule is O=C(NCC1CCCC(O)C1)C(Cl)c1ccccc1. The highest BCUT2D eigenvalue weighted by atomic mass is 35.5. The molecule has 19 heavy (non-hydrogen) atoms. The summed E-state index contributed by atoms with van der Waals surface area (Å²) in [6, 6.07) is 9.34. The van der Waals surface area contributed by atoms with Crippen LogP contribution in [0.3, 0.4) is 0 Å². The quantitative estimate of drug-likeness (QED) is 0.834. The van der Waals surface area contributed by atoms with Gasteiger partial charge >= 0.3 is 0 Å². The van der Waals surface area contributed by atoms with E-state index in [9.17, 15) is 9.90 Å². The molecule has 0 aliphatic heterocycles. The zero-order valence-electron chi connectivity index (χ0n) is 10.9. The fourth-order valence-electron chi connectivity index (χ4n) is 2.56. The smallest absolute Gasteiger partial charge is 0.242 e. The molecule has 0 saturated heterocycles. The van der Waals surface area contributed by atoms with Crippen LogP contribution in [0, 0.1) is 5.92 Å². The molecule has 4 heteroatoms. The summed E-state index contributed by atoms with van der Waals surface area (Å²) >= 11 is 6.14. The van der Waals surface area contributed by atoms with E-state index in [1.165, 1.54) is 0 Å². The van der Waals surface area contributed by atoms with Gasteiger partial charge in [-0.1, -0.05) is 36.8 Å². The molecule has 2 rings (SSSR count). The molecule has 3 atom stereocenters. The van der Waals surface area contributed by atoms with Gasteiger partial charge in [-0.05, 0) is 30.7 Å². The van der Waals surface area contributed by atoms with Gasteiger partial charge in [0.1, 0.15) is 5.38 Å². The molecule has 1 aromatic carbocycles. The Balaban J connectivity index is 1.81. The first kappa shape index (κ1) is 14.4. The summed E-state index contributed by atoms with van der Waals surface area (Å²) < 4.78 is 0. The number of hydrogen-bond donors (Lipinski definition) is 2. The van der Waals surface area contributed by atoms with Gasteiger partial charge in [-0.2, -0.15) is 0 Å². The Morgan fingerprint density at radius 1 is 1.37 bits per heavy atom. The number of carbonyl (C=O) groups is 1. The minimum Gasteiger partial charge on any atom is -0.393 e. The van der Waals surface area contributed by atoms with Crippen LogP contribution >= 0.6 is 11.6 Å². The number of halogens is 1.